The lowest BCUT2D eigenvalue weighted by atomic mass is 9.88. The Morgan fingerprint density at radius 1 is 1.10 bits per heavy atom. The maximum Gasteiger partial charge on any atom is 0.340 e. The number of carbonyl (C=O) groups excluding carboxylic acids is 2. The van der Waals surface area contributed by atoms with Crippen molar-refractivity contribution in [1.29, 1.82) is 0 Å². The molecule has 1 atom stereocenters. The van der Waals surface area contributed by atoms with Crippen molar-refractivity contribution < 1.29 is 19.1 Å². The fourth-order valence-electron chi connectivity index (χ4n) is 3.80. The highest BCUT2D eigenvalue weighted by Gasteiger charge is 2.56. The van der Waals surface area contributed by atoms with Crippen molar-refractivity contribution in [2.45, 2.75) is 18.9 Å². The molecule has 0 N–H and O–H groups in total. The van der Waals surface area contributed by atoms with Crippen LogP contribution in [0.2, 0.25) is 0 Å². The van der Waals surface area contributed by atoms with Gasteiger partial charge in [0.05, 0.1) is 13.7 Å². The predicted molar refractivity (Wildman–Crippen MR) is 114 cm³/mol. The molecular weight excluding hydrogens is 366 g/mol. The summed E-state index contributed by atoms with van der Waals surface area (Å²) in [6.07, 6.45) is 3.42. The first-order chi connectivity index (χ1) is 14.0. The minimum Gasteiger partial charge on any atom is -0.497 e. The topological polar surface area (TPSA) is 55.8 Å². The fourth-order valence-corrected chi connectivity index (χ4v) is 3.80. The van der Waals surface area contributed by atoms with Gasteiger partial charge in [0.1, 0.15) is 5.75 Å². The van der Waals surface area contributed by atoms with Gasteiger partial charge in [0.15, 0.2) is 0 Å². The van der Waals surface area contributed by atoms with Gasteiger partial charge in [-0.2, -0.15) is 0 Å². The minimum atomic E-state index is -1.45. The molecular formula is C24H25NO4. The van der Waals surface area contributed by atoms with Crippen molar-refractivity contribution in [2.24, 2.45) is 0 Å². The average molecular weight is 391 g/mol. The number of nitrogens with zero attached hydrogens (tertiary/aromatic N) is 1. The second-order valence-electron chi connectivity index (χ2n) is 6.76. The highest BCUT2D eigenvalue weighted by atomic mass is 16.5. The standard InChI is InChI=1S/C24H25NO4/c1-5-14-24(23(27)29-7-3)22(26)20-16-18(10-13-21(20)25(24)15-6-2)17-8-11-19(28-4)12-9-17/h5-6,8-13,16H,1-2,7,14-15H2,3-4H3. The van der Waals surface area contributed by atoms with E-state index in [9.17, 15) is 9.59 Å². The van der Waals surface area contributed by atoms with Crippen molar-refractivity contribution >= 4 is 17.4 Å². The first-order valence-electron chi connectivity index (χ1n) is 9.53. The quantitative estimate of drug-likeness (QED) is 0.379. The first-order valence-corrected chi connectivity index (χ1v) is 9.53. The number of hydrogen-bond donors (Lipinski definition) is 0. The predicted octanol–water partition coefficient (Wildman–Crippen LogP) is 4.43. The summed E-state index contributed by atoms with van der Waals surface area (Å²) >= 11 is 0. The van der Waals surface area contributed by atoms with Crippen LogP contribution in [0.4, 0.5) is 5.69 Å². The van der Waals surface area contributed by atoms with E-state index in [4.69, 9.17) is 9.47 Å². The molecule has 1 heterocycles. The van der Waals surface area contributed by atoms with Gasteiger partial charge in [0.2, 0.25) is 11.3 Å². The van der Waals surface area contributed by atoms with Gasteiger partial charge < -0.3 is 14.4 Å². The Bertz CT molecular complexity index is 948. The van der Waals surface area contributed by atoms with Crippen molar-refractivity contribution in [1.82, 2.24) is 0 Å². The number of anilines is 1. The summed E-state index contributed by atoms with van der Waals surface area (Å²) < 4.78 is 10.5. The second kappa shape index (κ2) is 8.35. The molecule has 0 radical (unpaired) electrons. The third-order valence-corrected chi connectivity index (χ3v) is 5.16. The van der Waals surface area contributed by atoms with Gasteiger partial charge in [-0.1, -0.05) is 30.4 Å². The maximum atomic E-state index is 13.5. The number of rotatable bonds is 8. The largest absolute Gasteiger partial charge is 0.497 e. The van der Waals surface area contributed by atoms with Gasteiger partial charge in [0, 0.05) is 24.2 Å². The SMILES string of the molecule is C=CCN1c2ccc(-c3ccc(OC)cc3)cc2C(=O)C1(CC=C)C(=O)OCC. The summed E-state index contributed by atoms with van der Waals surface area (Å²) in [6.45, 7) is 9.82. The van der Waals surface area contributed by atoms with Crippen LogP contribution in [-0.2, 0) is 9.53 Å². The summed E-state index contributed by atoms with van der Waals surface area (Å²) in [4.78, 5) is 28.3. The minimum absolute atomic E-state index is 0.158. The van der Waals surface area contributed by atoms with E-state index in [1.807, 2.05) is 42.5 Å². The third kappa shape index (κ3) is 3.33. The number of carbonyl (C=O) groups is 2. The highest BCUT2D eigenvalue weighted by Crippen LogP contribution is 2.43. The molecule has 0 saturated carbocycles. The third-order valence-electron chi connectivity index (χ3n) is 5.16. The van der Waals surface area contributed by atoms with Crippen LogP contribution in [0.25, 0.3) is 11.1 Å². The Labute approximate surface area is 171 Å². The Morgan fingerprint density at radius 2 is 1.79 bits per heavy atom. The Morgan fingerprint density at radius 3 is 2.38 bits per heavy atom. The van der Waals surface area contributed by atoms with Crippen molar-refractivity contribution in [3.8, 4) is 16.9 Å². The molecule has 150 valence electrons. The molecule has 29 heavy (non-hydrogen) atoms. The van der Waals surface area contributed by atoms with E-state index in [1.54, 1.807) is 31.1 Å². The molecule has 0 fully saturated rings. The van der Waals surface area contributed by atoms with Gasteiger partial charge in [0.25, 0.3) is 0 Å². The molecule has 2 aromatic carbocycles. The molecule has 0 saturated heterocycles. The Kier molecular flexibility index (Phi) is 5.87. The molecule has 0 aromatic heterocycles. The van der Waals surface area contributed by atoms with Crippen LogP contribution in [0, 0.1) is 0 Å². The molecule has 0 aliphatic carbocycles. The molecule has 1 aliphatic rings. The Balaban J connectivity index is 2.12. The second-order valence-corrected chi connectivity index (χ2v) is 6.76. The van der Waals surface area contributed by atoms with Crippen molar-refractivity contribution in [2.75, 3.05) is 25.2 Å². The first kappa shape index (κ1) is 20.4. The number of benzene rings is 2. The number of ether oxygens (including phenoxy) is 2. The molecule has 5 heteroatoms. The van der Waals surface area contributed by atoms with Crippen LogP contribution in [-0.4, -0.2) is 37.6 Å². The van der Waals surface area contributed by atoms with E-state index in [0.29, 0.717) is 17.8 Å². The summed E-state index contributed by atoms with van der Waals surface area (Å²) in [5, 5.41) is 0. The van der Waals surface area contributed by atoms with E-state index < -0.39 is 11.5 Å². The van der Waals surface area contributed by atoms with E-state index in [1.165, 1.54) is 0 Å². The number of fused-ring (bicyclic) bond motifs is 1. The van der Waals surface area contributed by atoms with Gasteiger partial charge in [-0.05, 0) is 42.3 Å². The van der Waals surface area contributed by atoms with Crippen LogP contribution in [0.15, 0.2) is 67.8 Å². The molecule has 1 unspecified atom stereocenters. The fraction of sp³-hybridized carbons (Fsp3) is 0.250. The number of Topliss-reactive ketones (excluding diaryl/α,β-unsaturated/α-hetero) is 1. The molecule has 2 aromatic rings. The summed E-state index contributed by atoms with van der Waals surface area (Å²) in [5.74, 6) is -0.0764. The van der Waals surface area contributed by atoms with Crippen molar-refractivity contribution in [3.05, 3.63) is 73.3 Å². The summed E-state index contributed by atoms with van der Waals surface area (Å²) in [7, 11) is 1.62. The van der Waals surface area contributed by atoms with Gasteiger partial charge in [-0.15, -0.1) is 13.2 Å². The molecule has 0 spiro atoms. The van der Waals surface area contributed by atoms with Gasteiger partial charge >= 0.3 is 5.97 Å². The van der Waals surface area contributed by atoms with Gasteiger partial charge in [-0.25, -0.2) is 4.79 Å². The normalized spacial score (nSPS) is 17.6. The van der Waals surface area contributed by atoms with E-state index >= 15 is 0 Å². The molecule has 1 aliphatic heterocycles. The van der Waals surface area contributed by atoms with Crippen LogP contribution in [0.3, 0.4) is 0 Å². The number of ketones is 1. The summed E-state index contributed by atoms with van der Waals surface area (Å²) in [6, 6.07) is 13.3. The van der Waals surface area contributed by atoms with Gasteiger partial charge in [-0.3, -0.25) is 4.79 Å². The lowest BCUT2D eigenvalue weighted by Crippen LogP contribution is -2.57. The molecule has 5 nitrogen and oxygen atoms in total. The number of hydrogen-bond acceptors (Lipinski definition) is 5. The highest BCUT2D eigenvalue weighted by molar-refractivity contribution is 6.25. The molecule has 0 amide bonds. The smallest absolute Gasteiger partial charge is 0.340 e. The van der Waals surface area contributed by atoms with Crippen LogP contribution in [0.5, 0.6) is 5.75 Å². The number of methoxy groups -OCH3 is 1. The lowest BCUT2D eigenvalue weighted by molar-refractivity contribution is -0.147. The van der Waals surface area contributed by atoms with Crippen LogP contribution in [0.1, 0.15) is 23.7 Å². The lowest BCUT2D eigenvalue weighted by Gasteiger charge is -2.35. The maximum absolute atomic E-state index is 13.5. The zero-order valence-electron chi connectivity index (χ0n) is 16.8. The van der Waals surface area contributed by atoms with E-state index in [-0.39, 0.29) is 18.8 Å². The van der Waals surface area contributed by atoms with E-state index in [2.05, 4.69) is 13.2 Å². The zero-order chi connectivity index (χ0) is 21.0. The van der Waals surface area contributed by atoms with Crippen LogP contribution < -0.4 is 9.64 Å². The van der Waals surface area contributed by atoms with Crippen molar-refractivity contribution in [3.63, 3.8) is 0 Å². The molecule has 0 bridgehead atoms. The van der Waals surface area contributed by atoms with E-state index in [0.717, 1.165) is 16.9 Å². The Hall–Kier alpha value is -3.34. The number of esters is 1. The van der Waals surface area contributed by atoms with Crippen LogP contribution >= 0.6 is 0 Å². The average Bonchev–Trinajstić information content (AvgIpc) is 2.97. The monoisotopic (exact) mass is 391 g/mol. The summed E-state index contributed by atoms with van der Waals surface area (Å²) in [5.41, 5.74) is 1.58. The molecule has 3 rings (SSSR count). The zero-order valence-corrected chi connectivity index (χ0v) is 16.8.